The van der Waals surface area contributed by atoms with E-state index in [-0.39, 0.29) is 23.6 Å². The first-order valence-electron chi connectivity index (χ1n) is 12.0. The maximum Gasteiger partial charge on any atom is 0.254 e. The van der Waals surface area contributed by atoms with Crippen LogP contribution in [-0.4, -0.2) is 55.1 Å². The summed E-state index contributed by atoms with van der Waals surface area (Å²) in [6, 6.07) is 9.01. The number of rotatable bonds is 6. The van der Waals surface area contributed by atoms with E-state index in [1.165, 1.54) is 0 Å². The highest BCUT2D eigenvalue weighted by Crippen LogP contribution is 2.30. The topological polar surface area (TPSA) is 128 Å². The molecular weight excluding hydrogens is 478 g/mol. The minimum absolute atomic E-state index is 0.0188. The lowest BCUT2D eigenvalue weighted by molar-refractivity contribution is 0.0633. The number of imidazole rings is 1. The fourth-order valence-corrected chi connectivity index (χ4v) is 5.32. The SMILES string of the molecule is CC(C)c1nccn1-c1cc(C(=O)N2CCCC(COc3cccc4c3C(N)=NS(=O)N4)C2)ccn1. The number of piperidine rings is 1. The lowest BCUT2D eigenvalue weighted by Gasteiger charge is -2.33. The molecule has 10 nitrogen and oxygen atoms in total. The minimum atomic E-state index is -1.59. The van der Waals surface area contributed by atoms with Crippen molar-refractivity contribution >= 4 is 28.6 Å². The second-order valence-corrected chi connectivity index (χ2v) is 10.2. The molecule has 1 aromatic carbocycles. The van der Waals surface area contributed by atoms with E-state index in [4.69, 9.17) is 10.5 Å². The van der Waals surface area contributed by atoms with E-state index in [1.807, 2.05) is 33.9 Å². The number of anilines is 1. The molecule has 0 bridgehead atoms. The summed E-state index contributed by atoms with van der Waals surface area (Å²) >= 11 is -1.59. The van der Waals surface area contributed by atoms with Crippen molar-refractivity contribution in [2.24, 2.45) is 16.0 Å². The number of carbonyl (C=O) groups is 1. The number of amidine groups is 1. The molecule has 0 spiro atoms. The van der Waals surface area contributed by atoms with Gasteiger partial charge in [0, 0.05) is 49.1 Å². The first-order valence-corrected chi connectivity index (χ1v) is 13.1. The standard InChI is InChI=1S/C25H29N7O3S/c1-16(2)24-28-10-12-32(24)21-13-18(8-9-27-21)25(33)31-11-4-5-17(14-31)15-35-20-7-3-6-19-22(20)23(26)30-36(34)29-19/h3,6-10,12-13,16-17,29H,4-5,11,14-15H2,1-2H3,(H2,26,30). The Morgan fingerprint density at radius 3 is 2.97 bits per heavy atom. The van der Waals surface area contributed by atoms with Crippen molar-refractivity contribution in [1.82, 2.24) is 19.4 Å². The van der Waals surface area contributed by atoms with Gasteiger partial charge in [-0.3, -0.25) is 14.1 Å². The normalized spacial score (nSPS) is 19.4. The molecular formula is C25H29N7O3S. The molecule has 1 amide bonds. The van der Waals surface area contributed by atoms with Crippen LogP contribution >= 0.6 is 0 Å². The Kier molecular flexibility index (Phi) is 6.73. The van der Waals surface area contributed by atoms with Crippen molar-refractivity contribution < 1.29 is 13.7 Å². The Labute approximate surface area is 212 Å². The zero-order valence-corrected chi connectivity index (χ0v) is 21.1. The summed E-state index contributed by atoms with van der Waals surface area (Å²) in [5.74, 6) is 2.74. The van der Waals surface area contributed by atoms with E-state index < -0.39 is 11.2 Å². The predicted molar refractivity (Wildman–Crippen MR) is 139 cm³/mol. The van der Waals surface area contributed by atoms with Crippen molar-refractivity contribution in [3.63, 3.8) is 0 Å². The summed E-state index contributed by atoms with van der Waals surface area (Å²) in [5, 5.41) is 0. The van der Waals surface area contributed by atoms with Crippen molar-refractivity contribution in [2.45, 2.75) is 32.6 Å². The largest absolute Gasteiger partial charge is 0.492 e. The molecule has 2 aromatic heterocycles. The van der Waals surface area contributed by atoms with Crippen LogP contribution in [0.3, 0.4) is 0 Å². The molecule has 188 valence electrons. The lowest BCUT2D eigenvalue weighted by Crippen LogP contribution is -2.41. The summed E-state index contributed by atoms with van der Waals surface area (Å²) in [4.78, 5) is 24.2. The fraction of sp³-hybridized carbons (Fsp3) is 0.360. The number of nitrogens with zero attached hydrogens (tertiary/aromatic N) is 5. The Hall–Kier alpha value is -3.73. The van der Waals surface area contributed by atoms with Crippen LogP contribution in [0.2, 0.25) is 0 Å². The first kappa shape index (κ1) is 24.0. The summed E-state index contributed by atoms with van der Waals surface area (Å²) in [5.41, 5.74) is 7.87. The molecule has 1 fully saturated rings. The number of pyridine rings is 1. The summed E-state index contributed by atoms with van der Waals surface area (Å²) < 4.78 is 26.5. The maximum atomic E-state index is 13.4. The number of carbonyl (C=O) groups excluding carboxylic acids is 1. The van der Waals surface area contributed by atoms with Crippen LogP contribution in [0.1, 0.15) is 54.4 Å². The number of amides is 1. The zero-order chi connectivity index (χ0) is 25.2. The minimum Gasteiger partial charge on any atom is -0.492 e. The number of hydrogen-bond donors (Lipinski definition) is 2. The molecule has 3 aromatic rings. The molecule has 2 unspecified atom stereocenters. The van der Waals surface area contributed by atoms with Gasteiger partial charge in [0.05, 0.1) is 17.9 Å². The second kappa shape index (κ2) is 10.1. The van der Waals surface area contributed by atoms with Gasteiger partial charge in [-0.15, -0.1) is 0 Å². The van der Waals surface area contributed by atoms with E-state index in [0.29, 0.717) is 48.1 Å². The molecule has 36 heavy (non-hydrogen) atoms. The lowest BCUT2D eigenvalue weighted by atomic mass is 9.98. The predicted octanol–water partition coefficient (Wildman–Crippen LogP) is 3.03. The van der Waals surface area contributed by atoms with Crippen LogP contribution in [0.5, 0.6) is 5.75 Å². The van der Waals surface area contributed by atoms with Gasteiger partial charge in [0.15, 0.2) is 0 Å². The molecule has 0 radical (unpaired) electrons. The summed E-state index contributed by atoms with van der Waals surface area (Å²) in [6.45, 7) is 5.89. The van der Waals surface area contributed by atoms with Crippen LogP contribution in [0.25, 0.3) is 5.82 Å². The number of likely N-dealkylation sites (tertiary alicyclic amines) is 1. The highest BCUT2D eigenvalue weighted by Gasteiger charge is 2.27. The van der Waals surface area contributed by atoms with Crippen LogP contribution in [0, 0.1) is 5.92 Å². The average molecular weight is 508 g/mol. The molecule has 2 aliphatic rings. The molecule has 2 aliphatic heterocycles. The monoisotopic (exact) mass is 507 g/mol. The summed E-state index contributed by atoms with van der Waals surface area (Å²) in [6.07, 6.45) is 7.14. The highest BCUT2D eigenvalue weighted by molar-refractivity contribution is 7.85. The molecule has 5 rings (SSSR count). The van der Waals surface area contributed by atoms with E-state index in [2.05, 4.69) is 32.9 Å². The smallest absolute Gasteiger partial charge is 0.254 e. The molecule has 1 saturated heterocycles. The summed E-state index contributed by atoms with van der Waals surface area (Å²) in [7, 11) is 0. The number of benzene rings is 1. The Balaban J connectivity index is 1.27. The number of fused-ring (bicyclic) bond motifs is 1. The van der Waals surface area contributed by atoms with E-state index in [9.17, 15) is 9.00 Å². The van der Waals surface area contributed by atoms with Crippen LogP contribution < -0.4 is 15.2 Å². The van der Waals surface area contributed by atoms with Crippen molar-refractivity contribution in [3.05, 3.63) is 65.9 Å². The van der Waals surface area contributed by atoms with Gasteiger partial charge in [-0.25, -0.2) is 14.2 Å². The third kappa shape index (κ3) is 4.83. The van der Waals surface area contributed by atoms with Gasteiger partial charge >= 0.3 is 0 Å². The Morgan fingerprint density at radius 1 is 1.28 bits per heavy atom. The number of aromatic nitrogens is 3. The number of nitrogens with two attached hydrogens (primary N) is 1. The molecule has 0 aliphatic carbocycles. The maximum absolute atomic E-state index is 13.4. The Morgan fingerprint density at radius 2 is 2.14 bits per heavy atom. The zero-order valence-electron chi connectivity index (χ0n) is 20.3. The molecule has 3 N–H and O–H groups in total. The molecule has 11 heteroatoms. The van der Waals surface area contributed by atoms with Crippen molar-refractivity contribution in [3.8, 4) is 11.6 Å². The van der Waals surface area contributed by atoms with E-state index >= 15 is 0 Å². The van der Waals surface area contributed by atoms with Gasteiger partial charge in [0.25, 0.3) is 5.91 Å². The van der Waals surface area contributed by atoms with E-state index in [0.717, 1.165) is 18.7 Å². The van der Waals surface area contributed by atoms with Gasteiger partial charge in [0.1, 0.15) is 23.2 Å². The van der Waals surface area contributed by atoms with Gasteiger partial charge in [-0.2, -0.15) is 4.40 Å². The fourth-order valence-electron chi connectivity index (χ4n) is 4.65. The average Bonchev–Trinajstić information content (AvgIpc) is 3.37. The third-order valence-electron chi connectivity index (χ3n) is 6.37. The first-order chi connectivity index (χ1) is 17.4. The van der Waals surface area contributed by atoms with Gasteiger partial charge in [-0.1, -0.05) is 19.9 Å². The quantitative estimate of drug-likeness (QED) is 0.528. The Bertz CT molecular complexity index is 1340. The molecule has 0 saturated carbocycles. The van der Waals surface area contributed by atoms with Gasteiger partial charge < -0.3 is 15.4 Å². The number of ether oxygens (including phenoxy) is 1. The molecule has 4 heterocycles. The second-order valence-electron chi connectivity index (χ2n) is 9.29. The van der Waals surface area contributed by atoms with Gasteiger partial charge in [0.2, 0.25) is 11.2 Å². The number of hydrogen-bond acceptors (Lipinski definition) is 6. The third-order valence-corrected chi connectivity index (χ3v) is 7.12. The molecule has 2 atom stereocenters. The van der Waals surface area contributed by atoms with Crippen molar-refractivity contribution in [1.29, 1.82) is 0 Å². The van der Waals surface area contributed by atoms with Crippen LogP contribution in [-0.2, 0) is 11.2 Å². The van der Waals surface area contributed by atoms with E-state index in [1.54, 1.807) is 24.5 Å². The van der Waals surface area contributed by atoms with Crippen molar-refractivity contribution in [2.75, 3.05) is 24.4 Å². The van der Waals surface area contributed by atoms with Crippen LogP contribution in [0.15, 0.2) is 53.3 Å². The number of nitrogens with one attached hydrogen (secondary N) is 1. The highest BCUT2D eigenvalue weighted by atomic mass is 32.2. The van der Waals surface area contributed by atoms with Crippen LogP contribution in [0.4, 0.5) is 5.69 Å². The van der Waals surface area contributed by atoms with Gasteiger partial charge in [-0.05, 0) is 37.1 Å².